The Kier molecular flexibility index (Phi) is 4.57. The first-order valence-electron chi connectivity index (χ1n) is 7.29. The van der Waals surface area contributed by atoms with Crippen LogP contribution in [0.25, 0.3) is 0 Å². The summed E-state index contributed by atoms with van der Waals surface area (Å²) >= 11 is 5.97. The molecular formula is C17H15ClN2O4. The molecule has 2 aromatic rings. The second-order valence-corrected chi connectivity index (χ2v) is 5.66. The molecule has 0 aliphatic carbocycles. The third kappa shape index (κ3) is 3.60. The summed E-state index contributed by atoms with van der Waals surface area (Å²) in [6.45, 7) is 1.48. The van der Waals surface area contributed by atoms with Crippen molar-refractivity contribution in [3.05, 3.63) is 47.5 Å². The Hall–Kier alpha value is -2.73. The maximum Gasteiger partial charge on any atom is 0.269 e. The van der Waals surface area contributed by atoms with Crippen LogP contribution in [0, 0.1) is 0 Å². The van der Waals surface area contributed by atoms with E-state index in [0.717, 1.165) is 0 Å². The first kappa shape index (κ1) is 16.1. The highest BCUT2D eigenvalue weighted by atomic mass is 35.5. The number of benzene rings is 2. The molecule has 2 amide bonds. The predicted octanol–water partition coefficient (Wildman–Crippen LogP) is 3.08. The lowest BCUT2D eigenvalue weighted by Crippen LogP contribution is -2.40. The van der Waals surface area contributed by atoms with Gasteiger partial charge in [0.05, 0.1) is 11.4 Å². The maximum atomic E-state index is 12.5. The Morgan fingerprint density at radius 3 is 2.58 bits per heavy atom. The lowest BCUT2D eigenvalue weighted by atomic mass is 10.2. The second-order valence-electron chi connectivity index (χ2n) is 5.22. The van der Waals surface area contributed by atoms with Crippen molar-refractivity contribution in [1.29, 1.82) is 0 Å². The topological polar surface area (TPSA) is 76.7 Å². The van der Waals surface area contributed by atoms with Gasteiger partial charge in [-0.05, 0) is 30.3 Å². The van der Waals surface area contributed by atoms with Gasteiger partial charge in [-0.2, -0.15) is 0 Å². The number of rotatable bonds is 3. The molecule has 24 heavy (non-hydrogen) atoms. The van der Waals surface area contributed by atoms with Gasteiger partial charge in [0.2, 0.25) is 12.0 Å². The zero-order chi connectivity index (χ0) is 17.1. The van der Waals surface area contributed by atoms with E-state index in [4.69, 9.17) is 21.1 Å². The highest BCUT2D eigenvalue weighted by Crippen LogP contribution is 2.32. The lowest BCUT2D eigenvalue weighted by Gasteiger charge is -2.25. The molecular weight excluding hydrogens is 332 g/mol. The summed E-state index contributed by atoms with van der Waals surface area (Å²) in [5, 5.41) is 5.79. The molecule has 1 aliphatic heterocycles. The van der Waals surface area contributed by atoms with Crippen molar-refractivity contribution in [2.45, 2.75) is 13.0 Å². The summed E-state index contributed by atoms with van der Waals surface area (Å²) in [4.78, 5) is 23.7. The van der Waals surface area contributed by atoms with Gasteiger partial charge in [-0.3, -0.25) is 9.59 Å². The van der Waals surface area contributed by atoms with Crippen molar-refractivity contribution in [2.24, 2.45) is 0 Å². The number of ether oxygens (including phenoxy) is 2. The van der Waals surface area contributed by atoms with E-state index in [1.54, 1.807) is 36.4 Å². The van der Waals surface area contributed by atoms with E-state index in [9.17, 15) is 9.59 Å². The smallest absolute Gasteiger partial charge is 0.269 e. The van der Waals surface area contributed by atoms with Crippen LogP contribution in [-0.4, -0.2) is 24.5 Å². The van der Waals surface area contributed by atoms with Crippen LogP contribution in [-0.2, 0) is 9.59 Å². The average molecular weight is 347 g/mol. The van der Waals surface area contributed by atoms with E-state index in [2.05, 4.69) is 10.6 Å². The molecule has 124 valence electrons. The third-order valence-corrected chi connectivity index (χ3v) is 3.59. The van der Waals surface area contributed by atoms with Crippen LogP contribution in [0.15, 0.2) is 42.5 Å². The first-order valence-corrected chi connectivity index (χ1v) is 7.67. The molecule has 2 N–H and O–H groups in total. The summed E-state index contributed by atoms with van der Waals surface area (Å²) < 4.78 is 11.2. The molecule has 2 aromatic carbocycles. The fraction of sp³-hybridized carbons (Fsp3) is 0.176. The van der Waals surface area contributed by atoms with E-state index < -0.39 is 12.0 Å². The minimum atomic E-state index is -0.802. The molecule has 0 spiro atoms. The van der Waals surface area contributed by atoms with Crippen LogP contribution in [0.1, 0.15) is 6.92 Å². The number of carbonyl (C=O) groups is 2. The van der Waals surface area contributed by atoms with Gasteiger partial charge in [0.25, 0.3) is 5.91 Å². The normalized spacial score (nSPS) is 15.5. The molecule has 0 unspecified atom stereocenters. The van der Waals surface area contributed by atoms with Gasteiger partial charge in [0, 0.05) is 11.9 Å². The van der Waals surface area contributed by atoms with Crippen LogP contribution in [0.5, 0.6) is 11.5 Å². The standard InChI is InChI=1S/C17H15ClN2O4/c1-10(21)19-12-7-6-11(18)8-13(12)20-17(22)16-9-23-14-4-2-3-5-15(14)24-16/h2-8,16H,9H2,1H3,(H,19,21)(H,20,22)/t16-/m0/s1. The minimum Gasteiger partial charge on any atom is -0.485 e. The number of carbonyl (C=O) groups excluding carboxylic acids is 2. The number of halogens is 1. The zero-order valence-electron chi connectivity index (χ0n) is 12.8. The van der Waals surface area contributed by atoms with Crippen molar-refractivity contribution in [2.75, 3.05) is 17.2 Å². The van der Waals surface area contributed by atoms with Gasteiger partial charge in [-0.25, -0.2) is 0 Å². The molecule has 1 atom stereocenters. The SMILES string of the molecule is CC(=O)Nc1ccc(Cl)cc1NC(=O)[C@@H]1COc2ccccc2O1. The Bertz CT molecular complexity index is 794. The number of hydrogen-bond donors (Lipinski definition) is 2. The van der Waals surface area contributed by atoms with Crippen molar-refractivity contribution in [3.63, 3.8) is 0 Å². The van der Waals surface area contributed by atoms with Gasteiger partial charge in [-0.15, -0.1) is 0 Å². The Morgan fingerprint density at radius 1 is 1.08 bits per heavy atom. The van der Waals surface area contributed by atoms with E-state index >= 15 is 0 Å². The second kappa shape index (κ2) is 6.80. The molecule has 0 aromatic heterocycles. The minimum absolute atomic E-state index is 0.0961. The number of hydrogen-bond acceptors (Lipinski definition) is 4. The summed E-state index contributed by atoms with van der Waals surface area (Å²) in [6.07, 6.45) is -0.802. The predicted molar refractivity (Wildman–Crippen MR) is 90.7 cm³/mol. The van der Waals surface area contributed by atoms with Gasteiger partial charge >= 0.3 is 0 Å². The van der Waals surface area contributed by atoms with E-state index in [-0.39, 0.29) is 12.5 Å². The van der Waals surface area contributed by atoms with Gasteiger partial charge in [0.1, 0.15) is 6.61 Å². The number of anilines is 2. The summed E-state index contributed by atoms with van der Waals surface area (Å²) in [5.41, 5.74) is 0.850. The average Bonchev–Trinajstić information content (AvgIpc) is 2.56. The molecule has 7 heteroatoms. The third-order valence-electron chi connectivity index (χ3n) is 3.35. The highest BCUT2D eigenvalue weighted by Gasteiger charge is 2.27. The van der Waals surface area contributed by atoms with Gasteiger partial charge in [0.15, 0.2) is 11.5 Å². The van der Waals surface area contributed by atoms with Gasteiger partial charge < -0.3 is 20.1 Å². The molecule has 0 bridgehead atoms. The first-order chi connectivity index (χ1) is 11.5. The largest absolute Gasteiger partial charge is 0.485 e. The fourth-order valence-electron chi connectivity index (χ4n) is 2.28. The monoisotopic (exact) mass is 346 g/mol. The van der Waals surface area contributed by atoms with E-state index in [0.29, 0.717) is 27.9 Å². The molecule has 0 saturated carbocycles. The molecule has 3 rings (SSSR count). The molecule has 0 fully saturated rings. The number of fused-ring (bicyclic) bond motifs is 1. The van der Waals surface area contributed by atoms with Gasteiger partial charge in [-0.1, -0.05) is 23.7 Å². The summed E-state index contributed by atoms with van der Waals surface area (Å²) in [6, 6.07) is 11.9. The summed E-state index contributed by atoms with van der Waals surface area (Å²) in [5.74, 6) is 0.470. The molecule has 0 radical (unpaired) electrons. The zero-order valence-corrected chi connectivity index (χ0v) is 13.6. The van der Waals surface area contributed by atoms with Crippen molar-refractivity contribution >= 4 is 34.8 Å². The molecule has 1 heterocycles. The number of para-hydroxylation sites is 2. The van der Waals surface area contributed by atoms with E-state index in [1.165, 1.54) is 6.92 Å². The molecule has 6 nitrogen and oxygen atoms in total. The summed E-state index contributed by atoms with van der Waals surface area (Å²) in [7, 11) is 0. The highest BCUT2D eigenvalue weighted by molar-refractivity contribution is 6.31. The maximum absolute atomic E-state index is 12.5. The number of amides is 2. The quantitative estimate of drug-likeness (QED) is 0.895. The Labute approximate surface area is 143 Å². The van der Waals surface area contributed by atoms with Crippen LogP contribution in [0.3, 0.4) is 0 Å². The van der Waals surface area contributed by atoms with Crippen molar-refractivity contribution in [1.82, 2.24) is 0 Å². The van der Waals surface area contributed by atoms with Crippen LogP contribution in [0.4, 0.5) is 11.4 Å². The Balaban J connectivity index is 1.76. The van der Waals surface area contributed by atoms with Crippen molar-refractivity contribution < 1.29 is 19.1 Å². The van der Waals surface area contributed by atoms with Crippen LogP contribution >= 0.6 is 11.6 Å². The Morgan fingerprint density at radius 2 is 1.83 bits per heavy atom. The van der Waals surface area contributed by atoms with Crippen LogP contribution in [0.2, 0.25) is 5.02 Å². The van der Waals surface area contributed by atoms with Crippen molar-refractivity contribution in [3.8, 4) is 11.5 Å². The lowest BCUT2D eigenvalue weighted by molar-refractivity contribution is -0.125. The fourth-order valence-corrected chi connectivity index (χ4v) is 2.45. The van der Waals surface area contributed by atoms with Crippen LogP contribution < -0.4 is 20.1 Å². The van der Waals surface area contributed by atoms with E-state index in [1.807, 2.05) is 6.07 Å². The molecule has 1 aliphatic rings. The number of nitrogens with one attached hydrogen (secondary N) is 2. The molecule has 0 saturated heterocycles.